The molecule has 31 heavy (non-hydrogen) atoms. The molecule has 1 heterocycles. The maximum Gasteiger partial charge on any atom is 0.339 e. The second-order valence-electron chi connectivity index (χ2n) is 6.34. The summed E-state index contributed by atoms with van der Waals surface area (Å²) >= 11 is 1.00. The van der Waals surface area contributed by atoms with Gasteiger partial charge in [0, 0.05) is 22.8 Å². The van der Waals surface area contributed by atoms with Crippen LogP contribution in [0.25, 0.3) is 0 Å². The topological polar surface area (TPSA) is 123 Å². The summed E-state index contributed by atoms with van der Waals surface area (Å²) in [5.74, 6) is -0.720. The lowest BCUT2D eigenvalue weighted by atomic mass is 10.2. The normalized spacial score (nSPS) is 10.3. The minimum absolute atomic E-state index is 0.0255. The van der Waals surface area contributed by atoms with Crippen LogP contribution in [-0.4, -0.2) is 29.0 Å². The predicted octanol–water partition coefficient (Wildman–Crippen LogP) is 4.88. The zero-order valence-corrected chi connectivity index (χ0v) is 17.4. The van der Waals surface area contributed by atoms with Crippen molar-refractivity contribution in [2.75, 3.05) is 17.7 Å². The van der Waals surface area contributed by atoms with Gasteiger partial charge >= 0.3 is 17.7 Å². The van der Waals surface area contributed by atoms with Crippen LogP contribution < -0.4 is 10.6 Å². The first kappa shape index (κ1) is 21.8. The Balaban J connectivity index is 1.82. The van der Waals surface area contributed by atoms with Crippen molar-refractivity contribution in [3.05, 3.63) is 82.0 Å². The molecule has 10 heteroatoms. The quantitative estimate of drug-likeness (QED) is 0.319. The van der Waals surface area contributed by atoms with E-state index in [1.165, 1.54) is 13.3 Å². The van der Waals surface area contributed by atoms with Crippen LogP contribution in [-0.2, 0) is 4.74 Å². The van der Waals surface area contributed by atoms with Gasteiger partial charge in [-0.05, 0) is 31.2 Å². The molecular weight excluding hydrogens is 420 g/mol. The zero-order valence-electron chi connectivity index (χ0n) is 16.6. The minimum Gasteiger partial charge on any atom is -0.465 e. The molecule has 158 valence electrons. The van der Waals surface area contributed by atoms with Gasteiger partial charge < -0.3 is 15.4 Å². The molecular formula is C21H18N4O5S. The molecule has 2 amide bonds. The monoisotopic (exact) mass is 438 g/mol. The fourth-order valence-electron chi connectivity index (χ4n) is 2.56. The molecule has 3 rings (SSSR count). The van der Waals surface area contributed by atoms with Gasteiger partial charge in [0.05, 0.1) is 23.3 Å². The third-order valence-electron chi connectivity index (χ3n) is 4.10. The van der Waals surface area contributed by atoms with E-state index in [0.717, 1.165) is 23.4 Å². The summed E-state index contributed by atoms with van der Waals surface area (Å²) in [6.07, 6.45) is 1.21. The van der Waals surface area contributed by atoms with Gasteiger partial charge in [-0.15, -0.1) is 0 Å². The molecule has 0 spiro atoms. The van der Waals surface area contributed by atoms with Crippen molar-refractivity contribution in [2.45, 2.75) is 16.8 Å². The van der Waals surface area contributed by atoms with Crippen LogP contribution in [0.1, 0.15) is 15.9 Å². The molecule has 0 aliphatic rings. The maximum absolute atomic E-state index is 12.4. The molecule has 0 aliphatic heterocycles. The Hall–Kier alpha value is -3.92. The largest absolute Gasteiger partial charge is 0.465 e. The van der Waals surface area contributed by atoms with Gasteiger partial charge in [-0.1, -0.05) is 41.6 Å². The third-order valence-corrected chi connectivity index (χ3v) is 5.19. The molecule has 0 bridgehead atoms. The number of methoxy groups -OCH3 is 1. The van der Waals surface area contributed by atoms with E-state index in [0.29, 0.717) is 16.3 Å². The average molecular weight is 438 g/mol. The van der Waals surface area contributed by atoms with E-state index in [-0.39, 0.29) is 16.3 Å². The Morgan fingerprint density at radius 2 is 1.81 bits per heavy atom. The summed E-state index contributed by atoms with van der Waals surface area (Å²) in [5.41, 5.74) is 1.78. The number of nitrogens with one attached hydrogen (secondary N) is 2. The molecule has 0 radical (unpaired) electrons. The molecule has 9 nitrogen and oxygen atoms in total. The molecule has 0 saturated carbocycles. The smallest absolute Gasteiger partial charge is 0.339 e. The molecule has 1 aromatic heterocycles. The number of ether oxygens (including phenoxy) is 1. The molecule has 2 N–H and O–H groups in total. The van der Waals surface area contributed by atoms with Gasteiger partial charge in [0.15, 0.2) is 5.03 Å². The zero-order chi connectivity index (χ0) is 22.4. The van der Waals surface area contributed by atoms with Gasteiger partial charge in [-0.2, -0.15) is 0 Å². The van der Waals surface area contributed by atoms with Crippen LogP contribution in [0.15, 0.2) is 70.7 Å². The number of rotatable bonds is 6. The second-order valence-corrected chi connectivity index (χ2v) is 7.37. The highest BCUT2D eigenvalue weighted by atomic mass is 32.2. The van der Waals surface area contributed by atoms with E-state index in [1.54, 1.807) is 36.4 Å². The van der Waals surface area contributed by atoms with Gasteiger partial charge in [0.2, 0.25) is 0 Å². The first-order valence-electron chi connectivity index (χ1n) is 9.01. The van der Waals surface area contributed by atoms with Crippen LogP contribution in [0.5, 0.6) is 0 Å². The Morgan fingerprint density at radius 1 is 1.10 bits per heavy atom. The lowest BCUT2D eigenvalue weighted by molar-refractivity contribution is -0.388. The minimum atomic E-state index is -0.720. The number of anilines is 2. The molecule has 0 unspecified atom stereocenters. The number of carbonyl (C=O) groups excluding carboxylic acids is 2. The summed E-state index contributed by atoms with van der Waals surface area (Å²) in [6, 6.07) is 14.8. The first-order chi connectivity index (χ1) is 14.9. The highest BCUT2D eigenvalue weighted by Gasteiger charge is 2.21. The van der Waals surface area contributed by atoms with E-state index in [4.69, 9.17) is 0 Å². The van der Waals surface area contributed by atoms with E-state index in [1.807, 2.05) is 19.1 Å². The number of amides is 2. The van der Waals surface area contributed by atoms with E-state index in [9.17, 15) is 19.7 Å². The van der Waals surface area contributed by atoms with Crippen molar-refractivity contribution in [1.29, 1.82) is 0 Å². The van der Waals surface area contributed by atoms with Gasteiger partial charge in [-0.3, -0.25) is 10.1 Å². The highest BCUT2D eigenvalue weighted by Crippen LogP contribution is 2.37. The van der Waals surface area contributed by atoms with Crippen LogP contribution in [0, 0.1) is 17.0 Å². The summed E-state index contributed by atoms with van der Waals surface area (Å²) in [7, 11) is 1.18. The third kappa shape index (κ3) is 5.58. The molecule has 0 atom stereocenters. The lowest BCUT2D eigenvalue weighted by Gasteiger charge is -2.12. The van der Waals surface area contributed by atoms with Crippen molar-refractivity contribution < 1.29 is 19.2 Å². The SMILES string of the molecule is COC(=O)c1cnc(Sc2ccccc2NC(=O)Nc2ccc(C)cc2)c([N+](=O)[O-])c1. The standard InChI is InChI=1S/C21H18N4O5S/c1-13-7-9-15(10-8-13)23-21(27)24-16-5-3-4-6-18(16)31-19-17(25(28)29)11-14(12-22-19)20(26)30-2/h3-12H,1-2H3,(H2,23,24,27). The lowest BCUT2D eigenvalue weighted by Crippen LogP contribution is -2.19. The molecule has 0 aliphatic carbocycles. The fourth-order valence-corrected chi connectivity index (χ4v) is 3.49. The number of nitrogens with zero attached hydrogens (tertiary/aromatic N) is 2. The summed E-state index contributed by atoms with van der Waals surface area (Å²) in [6.45, 7) is 1.95. The molecule has 2 aromatic carbocycles. The number of carbonyl (C=O) groups is 2. The van der Waals surface area contributed by atoms with E-state index in [2.05, 4.69) is 20.4 Å². The highest BCUT2D eigenvalue weighted by molar-refractivity contribution is 7.99. The Kier molecular flexibility index (Phi) is 6.83. The molecule has 0 saturated heterocycles. The van der Waals surface area contributed by atoms with Gasteiger partial charge in [0.1, 0.15) is 0 Å². The second kappa shape index (κ2) is 9.72. The Labute approximate surface area is 182 Å². The number of esters is 1. The van der Waals surface area contributed by atoms with Crippen molar-refractivity contribution >= 4 is 40.8 Å². The number of para-hydroxylation sites is 1. The van der Waals surface area contributed by atoms with Crippen LogP contribution >= 0.6 is 11.8 Å². The number of aromatic nitrogens is 1. The van der Waals surface area contributed by atoms with E-state index >= 15 is 0 Å². The number of hydrogen-bond donors (Lipinski definition) is 2. The van der Waals surface area contributed by atoms with Gasteiger partial charge in [0.25, 0.3) is 0 Å². The summed E-state index contributed by atoms with van der Waals surface area (Å²) in [5, 5.41) is 17.0. The number of pyridine rings is 1. The van der Waals surface area contributed by atoms with Crippen molar-refractivity contribution in [3.63, 3.8) is 0 Å². The Morgan fingerprint density at radius 3 is 2.48 bits per heavy atom. The fraction of sp³-hybridized carbons (Fsp3) is 0.0952. The summed E-state index contributed by atoms with van der Waals surface area (Å²) in [4.78, 5) is 39.5. The number of aryl methyl sites for hydroxylation is 1. The predicted molar refractivity (Wildman–Crippen MR) is 117 cm³/mol. The Bertz CT molecular complexity index is 1130. The van der Waals surface area contributed by atoms with E-state index < -0.39 is 16.9 Å². The number of hydrogen-bond acceptors (Lipinski definition) is 7. The van der Waals surface area contributed by atoms with Crippen LogP contribution in [0.3, 0.4) is 0 Å². The van der Waals surface area contributed by atoms with Gasteiger partial charge in [-0.25, -0.2) is 14.6 Å². The number of urea groups is 1. The summed E-state index contributed by atoms with van der Waals surface area (Å²) < 4.78 is 4.58. The average Bonchev–Trinajstić information content (AvgIpc) is 2.76. The van der Waals surface area contributed by atoms with Crippen LogP contribution in [0.2, 0.25) is 0 Å². The van der Waals surface area contributed by atoms with Crippen molar-refractivity contribution in [2.24, 2.45) is 0 Å². The van der Waals surface area contributed by atoms with Crippen molar-refractivity contribution in [1.82, 2.24) is 4.98 Å². The van der Waals surface area contributed by atoms with Crippen LogP contribution in [0.4, 0.5) is 21.9 Å². The maximum atomic E-state index is 12.4. The molecule has 3 aromatic rings. The first-order valence-corrected chi connectivity index (χ1v) is 9.83. The van der Waals surface area contributed by atoms with Crippen molar-refractivity contribution in [3.8, 4) is 0 Å². The molecule has 0 fully saturated rings. The number of nitro groups is 1. The number of benzene rings is 2.